The van der Waals surface area contributed by atoms with Gasteiger partial charge in [-0.15, -0.1) is 0 Å². The molecule has 10 atom stereocenters. The first-order valence-corrected chi connectivity index (χ1v) is 14.4. The highest BCUT2D eigenvalue weighted by Crippen LogP contribution is 2.68. The number of carbonyl (C=O) groups is 2. The average Bonchev–Trinajstić information content (AvgIpc) is 3.16. The van der Waals surface area contributed by atoms with Crippen LogP contribution in [0.25, 0.3) is 0 Å². The molecule has 4 aliphatic rings. The Morgan fingerprint density at radius 2 is 1.71 bits per heavy atom. The summed E-state index contributed by atoms with van der Waals surface area (Å²) in [6.45, 7) is 9.75. The molecule has 0 bridgehead atoms. The molecule has 0 aliphatic heterocycles. The van der Waals surface area contributed by atoms with E-state index in [0.717, 1.165) is 32.1 Å². The zero-order valence-electron chi connectivity index (χ0n) is 22.4. The molecule has 1 amide bonds. The van der Waals surface area contributed by atoms with E-state index in [9.17, 15) is 19.8 Å². The molecule has 0 aromatic heterocycles. The normalized spacial score (nSPS) is 43.4. The van der Waals surface area contributed by atoms with Crippen LogP contribution in [-0.4, -0.2) is 47.4 Å². The summed E-state index contributed by atoms with van der Waals surface area (Å²) < 4.78 is 4.92. The van der Waals surface area contributed by atoms with Crippen LogP contribution in [0.3, 0.4) is 0 Å². The summed E-state index contributed by atoms with van der Waals surface area (Å²) in [5.74, 6) is 2.77. The van der Waals surface area contributed by atoms with Crippen molar-refractivity contribution in [1.29, 1.82) is 0 Å². The van der Waals surface area contributed by atoms with Gasteiger partial charge in [0, 0.05) is 13.0 Å². The Kier molecular flexibility index (Phi) is 8.22. The highest BCUT2D eigenvalue weighted by molar-refractivity contribution is 5.77. The molecule has 3 N–H and O–H groups in total. The van der Waals surface area contributed by atoms with Gasteiger partial charge in [0.2, 0.25) is 5.91 Å². The maximum absolute atomic E-state index is 12.4. The van der Waals surface area contributed by atoms with Gasteiger partial charge < -0.3 is 20.3 Å². The molecule has 0 radical (unpaired) electrons. The molecule has 4 fully saturated rings. The van der Waals surface area contributed by atoms with Crippen LogP contribution in [0.15, 0.2) is 0 Å². The fourth-order valence-corrected chi connectivity index (χ4v) is 9.36. The third-order valence-corrected chi connectivity index (χ3v) is 11.2. The van der Waals surface area contributed by atoms with Gasteiger partial charge in [-0.3, -0.25) is 9.59 Å². The van der Waals surface area contributed by atoms with Gasteiger partial charge in [0.1, 0.15) is 0 Å². The fourth-order valence-electron chi connectivity index (χ4n) is 9.36. The minimum absolute atomic E-state index is 0.0192. The van der Waals surface area contributed by atoms with Gasteiger partial charge in [0.25, 0.3) is 0 Å². The van der Waals surface area contributed by atoms with Crippen LogP contribution in [0.4, 0.5) is 0 Å². The smallest absolute Gasteiger partial charge is 0.307 e. The number of aliphatic hydroxyl groups excluding tert-OH is 2. The number of aliphatic hydroxyl groups is 2. The van der Waals surface area contributed by atoms with Crippen molar-refractivity contribution in [2.75, 3.05) is 13.2 Å². The molecule has 4 rings (SSSR count). The van der Waals surface area contributed by atoms with Crippen LogP contribution in [0, 0.1) is 46.3 Å². The summed E-state index contributed by atoms with van der Waals surface area (Å²) in [7, 11) is 0. The first-order chi connectivity index (χ1) is 16.6. The molecule has 0 heterocycles. The van der Waals surface area contributed by atoms with Gasteiger partial charge in [-0.1, -0.05) is 20.8 Å². The van der Waals surface area contributed by atoms with E-state index < -0.39 is 0 Å². The largest absolute Gasteiger partial charge is 0.466 e. The Balaban J connectivity index is 1.35. The second-order valence-corrected chi connectivity index (χ2v) is 12.9. The summed E-state index contributed by atoms with van der Waals surface area (Å²) in [5, 5.41) is 24.5. The zero-order valence-corrected chi connectivity index (χ0v) is 22.4. The SMILES string of the molecule is CCOC(=O)CCNC(=O)CCC(C)C1CCC2C3C(CC[C@]12C)[C@@]1(C)CC[C@@H](O)C[C@H]1C[C@@H]3O. The number of esters is 1. The number of nitrogens with one attached hydrogen (secondary N) is 1. The van der Waals surface area contributed by atoms with Gasteiger partial charge in [-0.2, -0.15) is 0 Å². The van der Waals surface area contributed by atoms with E-state index in [0.29, 0.717) is 55.1 Å². The first-order valence-electron chi connectivity index (χ1n) is 14.4. The Morgan fingerprint density at radius 3 is 2.46 bits per heavy atom. The number of amides is 1. The molecule has 0 spiro atoms. The number of hydrogen-bond acceptors (Lipinski definition) is 5. The predicted molar refractivity (Wildman–Crippen MR) is 135 cm³/mol. The number of hydrogen-bond donors (Lipinski definition) is 3. The minimum atomic E-state index is -0.267. The van der Waals surface area contributed by atoms with E-state index in [4.69, 9.17) is 4.74 Å². The van der Waals surface area contributed by atoms with Crippen molar-refractivity contribution in [3.05, 3.63) is 0 Å². The minimum Gasteiger partial charge on any atom is -0.466 e. The number of carbonyl (C=O) groups excluding carboxylic acids is 2. The highest BCUT2D eigenvalue weighted by atomic mass is 16.5. The third kappa shape index (κ3) is 5.16. The van der Waals surface area contributed by atoms with Crippen LogP contribution in [0.1, 0.15) is 98.3 Å². The van der Waals surface area contributed by atoms with Gasteiger partial charge >= 0.3 is 5.97 Å². The lowest BCUT2D eigenvalue weighted by molar-refractivity contribution is -0.174. The molecular weight excluding hydrogens is 442 g/mol. The van der Waals surface area contributed by atoms with Gasteiger partial charge in [0.15, 0.2) is 0 Å². The summed E-state index contributed by atoms with van der Waals surface area (Å²) in [4.78, 5) is 23.8. The van der Waals surface area contributed by atoms with Crippen LogP contribution in [-0.2, 0) is 14.3 Å². The highest BCUT2D eigenvalue weighted by Gasteiger charge is 2.62. The van der Waals surface area contributed by atoms with Crippen molar-refractivity contribution in [2.45, 2.75) is 111 Å². The molecule has 200 valence electrons. The van der Waals surface area contributed by atoms with Gasteiger partial charge in [0.05, 0.1) is 25.2 Å². The average molecular weight is 492 g/mol. The quantitative estimate of drug-likeness (QED) is 0.436. The number of rotatable bonds is 8. The Hall–Kier alpha value is -1.14. The standard InChI is InChI=1S/C29H49NO5/c1-5-35-26(34)12-15-30-25(33)9-6-18(2)21-7-8-22-27-23(11-14-29(21,22)4)28(3)13-10-20(31)16-19(28)17-24(27)32/h18-24,27,31-32H,5-17H2,1-4H3,(H,30,33)/t18?,19-,20+,21?,22?,23?,24-,27?,28-,29+/m0/s1. The monoisotopic (exact) mass is 491 g/mol. The van der Waals surface area contributed by atoms with Crippen molar-refractivity contribution in [3.63, 3.8) is 0 Å². The zero-order chi connectivity index (χ0) is 25.4. The van der Waals surface area contributed by atoms with E-state index >= 15 is 0 Å². The molecular formula is C29H49NO5. The van der Waals surface area contributed by atoms with Crippen LogP contribution in [0.2, 0.25) is 0 Å². The van der Waals surface area contributed by atoms with E-state index in [1.807, 2.05) is 0 Å². The van der Waals surface area contributed by atoms with Crippen molar-refractivity contribution < 1.29 is 24.5 Å². The van der Waals surface area contributed by atoms with Crippen molar-refractivity contribution in [2.24, 2.45) is 46.3 Å². The first kappa shape index (κ1) is 26.9. The fraction of sp³-hybridized carbons (Fsp3) is 0.931. The molecule has 5 unspecified atom stereocenters. The van der Waals surface area contributed by atoms with E-state index in [1.54, 1.807) is 6.92 Å². The maximum atomic E-state index is 12.4. The van der Waals surface area contributed by atoms with Crippen LogP contribution in [0.5, 0.6) is 0 Å². The topological polar surface area (TPSA) is 95.9 Å². The summed E-state index contributed by atoms with van der Waals surface area (Å²) in [5.41, 5.74) is 0.495. The summed E-state index contributed by atoms with van der Waals surface area (Å²) in [6.07, 6.45) is 9.68. The molecule has 6 heteroatoms. The summed E-state index contributed by atoms with van der Waals surface area (Å²) in [6, 6.07) is 0. The molecule has 35 heavy (non-hydrogen) atoms. The Labute approximate surface area is 212 Å². The Morgan fingerprint density at radius 1 is 1.00 bits per heavy atom. The number of ether oxygens (including phenoxy) is 1. The second-order valence-electron chi connectivity index (χ2n) is 12.9. The van der Waals surface area contributed by atoms with E-state index in [1.165, 1.54) is 25.7 Å². The molecule has 0 aromatic rings. The second kappa shape index (κ2) is 10.7. The van der Waals surface area contributed by atoms with Crippen LogP contribution >= 0.6 is 0 Å². The molecule has 4 saturated carbocycles. The molecule has 0 saturated heterocycles. The molecule has 0 aromatic carbocycles. The maximum Gasteiger partial charge on any atom is 0.307 e. The lowest BCUT2D eigenvalue weighted by Gasteiger charge is -2.62. The van der Waals surface area contributed by atoms with Crippen LogP contribution < -0.4 is 5.32 Å². The summed E-state index contributed by atoms with van der Waals surface area (Å²) >= 11 is 0. The van der Waals surface area contributed by atoms with E-state index in [2.05, 4.69) is 26.1 Å². The third-order valence-electron chi connectivity index (χ3n) is 11.2. The van der Waals surface area contributed by atoms with Crippen molar-refractivity contribution >= 4 is 11.9 Å². The Bertz CT molecular complexity index is 772. The lowest BCUT2D eigenvalue weighted by Crippen LogP contribution is -2.58. The number of fused-ring (bicyclic) bond motifs is 5. The van der Waals surface area contributed by atoms with Crippen molar-refractivity contribution in [3.8, 4) is 0 Å². The lowest BCUT2D eigenvalue weighted by atomic mass is 9.43. The van der Waals surface area contributed by atoms with E-state index in [-0.39, 0.29) is 41.3 Å². The van der Waals surface area contributed by atoms with Gasteiger partial charge in [-0.05, 0) is 111 Å². The van der Waals surface area contributed by atoms with Crippen molar-refractivity contribution in [1.82, 2.24) is 5.32 Å². The molecule has 6 nitrogen and oxygen atoms in total. The predicted octanol–water partition coefficient (Wildman–Crippen LogP) is 4.46. The van der Waals surface area contributed by atoms with Gasteiger partial charge in [-0.25, -0.2) is 0 Å². The molecule has 4 aliphatic carbocycles.